The van der Waals surface area contributed by atoms with Gasteiger partial charge in [-0.3, -0.25) is 9.69 Å². The number of nitrogens with one attached hydrogen (secondary N) is 1. The lowest BCUT2D eigenvalue weighted by Crippen LogP contribution is -3.00. The van der Waals surface area contributed by atoms with E-state index in [0.29, 0.717) is 48.7 Å². The molecule has 1 aromatic carbocycles. The average Bonchev–Trinajstić information content (AvgIpc) is 3.33. The van der Waals surface area contributed by atoms with Crippen LogP contribution in [0.5, 0.6) is 0 Å². The summed E-state index contributed by atoms with van der Waals surface area (Å²) in [7, 11) is 4.18. The van der Waals surface area contributed by atoms with Crippen LogP contribution in [-0.2, 0) is 14.3 Å². The maximum Gasteiger partial charge on any atom is 0.414 e. The monoisotopic (exact) mass is 612 g/mol. The average molecular weight is 613 g/mol. The molecule has 2 fully saturated rings. The molecule has 2 aliphatic rings. The highest BCUT2D eigenvalue weighted by molar-refractivity contribution is 5.90. The zero-order valence-corrected chi connectivity index (χ0v) is 26.9. The Morgan fingerprint density at radius 2 is 1.57 bits per heavy atom. The molecule has 0 radical (unpaired) electrons. The maximum absolute atomic E-state index is 14.8. The Morgan fingerprint density at radius 3 is 2.17 bits per heavy atom. The van der Waals surface area contributed by atoms with Crippen molar-refractivity contribution >= 4 is 23.4 Å². The van der Waals surface area contributed by atoms with Crippen LogP contribution >= 0.6 is 0 Å². The zero-order valence-electron chi connectivity index (χ0n) is 26.2. The number of ether oxygens (including phenoxy) is 2. The second-order valence-electron chi connectivity index (χ2n) is 12.4. The Morgan fingerprint density at radius 1 is 0.976 bits per heavy atom. The molecule has 0 bridgehead atoms. The molecule has 1 N–H and O–H groups in total. The number of carbonyl (C=O) groups is 2. The van der Waals surface area contributed by atoms with Crippen molar-refractivity contribution in [3.63, 3.8) is 0 Å². The number of unbranched alkanes of at least 4 members (excludes halogenated alkanes) is 11. The third-order valence-electron chi connectivity index (χ3n) is 8.18. The van der Waals surface area contributed by atoms with Gasteiger partial charge < -0.3 is 36.6 Å². The third-order valence-corrected chi connectivity index (χ3v) is 8.18. The number of morpholine rings is 1. The lowest BCUT2D eigenvalue weighted by Gasteiger charge is -2.29. The van der Waals surface area contributed by atoms with Gasteiger partial charge in [-0.05, 0) is 31.0 Å². The van der Waals surface area contributed by atoms with E-state index in [1.54, 1.807) is 12.1 Å². The molecule has 240 valence electrons. The van der Waals surface area contributed by atoms with Gasteiger partial charge in [0.25, 0.3) is 5.91 Å². The van der Waals surface area contributed by atoms with Gasteiger partial charge >= 0.3 is 6.09 Å². The van der Waals surface area contributed by atoms with Crippen molar-refractivity contribution in [3.05, 3.63) is 24.0 Å². The van der Waals surface area contributed by atoms with Crippen LogP contribution in [0.2, 0.25) is 0 Å². The van der Waals surface area contributed by atoms with Gasteiger partial charge in [0.15, 0.2) is 6.54 Å². The highest BCUT2D eigenvalue weighted by atomic mass is 35.5. The minimum Gasteiger partial charge on any atom is -1.00 e. The lowest BCUT2D eigenvalue weighted by molar-refractivity contribution is -0.882. The summed E-state index contributed by atoms with van der Waals surface area (Å²) >= 11 is 0. The molecule has 10 heteroatoms. The second-order valence-corrected chi connectivity index (χ2v) is 12.4. The number of hydrogen-bond acceptors (Lipinski definition) is 5. The Balaban J connectivity index is 0.00000616. The van der Waals surface area contributed by atoms with Crippen LogP contribution in [0.1, 0.15) is 84.0 Å². The van der Waals surface area contributed by atoms with Crippen LogP contribution in [0.3, 0.4) is 0 Å². The highest BCUT2D eigenvalue weighted by Crippen LogP contribution is 2.28. The summed E-state index contributed by atoms with van der Waals surface area (Å²) in [5.74, 6) is -0.425. The van der Waals surface area contributed by atoms with Gasteiger partial charge in [0.2, 0.25) is 0 Å². The highest BCUT2D eigenvalue weighted by Gasteiger charge is 2.33. The van der Waals surface area contributed by atoms with Crippen LogP contribution in [0.25, 0.3) is 0 Å². The number of benzene rings is 1. The molecular formula is C32H54ClFN4O4. The van der Waals surface area contributed by atoms with E-state index in [4.69, 9.17) is 9.47 Å². The van der Waals surface area contributed by atoms with Gasteiger partial charge in [0.1, 0.15) is 11.9 Å². The minimum atomic E-state index is -0.522. The second kappa shape index (κ2) is 19.2. The van der Waals surface area contributed by atoms with Gasteiger partial charge in [0, 0.05) is 13.1 Å². The number of amides is 2. The van der Waals surface area contributed by atoms with Crippen molar-refractivity contribution in [3.8, 4) is 0 Å². The summed E-state index contributed by atoms with van der Waals surface area (Å²) in [6.45, 7) is 6.54. The summed E-state index contributed by atoms with van der Waals surface area (Å²) in [4.78, 5) is 28.5. The predicted octanol–water partition coefficient (Wildman–Crippen LogP) is 2.89. The van der Waals surface area contributed by atoms with E-state index in [1.807, 2.05) is 4.90 Å². The van der Waals surface area contributed by atoms with Crippen molar-refractivity contribution in [2.75, 3.05) is 76.4 Å². The normalized spacial score (nSPS) is 17.2. The fraction of sp³-hybridized carbons (Fsp3) is 0.750. The summed E-state index contributed by atoms with van der Waals surface area (Å²) in [6, 6.07) is 4.82. The van der Waals surface area contributed by atoms with E-state index in [2.05, 4.69) is 26.3 Å². The number of carbonyl (C=O) groups excluding carboxylic acids is 2. The number of halogens is 2. The fourth-order valence-electron chi connectivity index (χ4n) is 5.70. The smallest absolute Gasteiger partial charge is 0.414 e. The predicted molar refractivity (Wildman–Crippen MR) is 163 cm³/mol. The summed E-state index contributed by atoms with van der Waals surface area (Å²) < 4.78 is 26.3. The molecule has 1 aromatic rings. The molecular weight excluding hydrogens is 559 g/mol. The molecule has 1 atom stereocenters. The molecule has 0 unspecified atom stereocenters. The molecule has 3 rings (SSSR count). The first-order valence-electron chi connectivity index (χ1n) is 16.0. The fourth-order valence-corrected chi connectivity index (χ4v) is 5.70. The maximum atomic E-state index is 14.8. The lowest BCUT2D eigenvalue weighted by atomic mass is 10.1. The van der Waals surface area contributed by atoms with Crippen LogP contribution in [-0.4, -0.2) is 89.2 Å². The summed E-state index contributed by atoms with van der Waals surface area (Å²) in [5.41, 5.74) is 0.969. The van der Waals surface area contributed by atoms with E-state index in [9.17, 15) is 14.0 Å². The number of rotatable bonds is 19. The SMILES string of the molecule is CCCCCCCCCCCCCC[N+](C)(C)CC(=O)NC[C@H]1CN(c2ccc(N3CCOCC3)c(F)c2)C(=O)O1.[Cl-]. The van der Waals surface area contributed by atoms with Crippen molar-refractivity contribution < 1.29 is 40.3 Å². The largest absolute Gasteiger partial charge is 1.00 e. The first-order valence-corrected chi connectivity index (χ1v) is 16.0. The summed E-state index contributed by atoms with van der Waals surface area (Å²) in [6.07, 6.45) is 14.9. The van der Waals surface area contributed by atoms with Gasteiger partial charge in [-0.25, -0.2) is 9.18 Å². The Labute approximate surface area is 259 Å². The van der Waals surface area contributed by atoms with Crippen LogP contribution < -0.4 is 27.5 Å². The van der Waals surface area contributed by atoms with E-state index in [-0.39, 0.29) is 37.2 Å². The van der Waals surface area contributed by atoms with E-state index >= 15 is 0 Å². The molecule has 0 aromatic heterocycles. The van der Waals surface area contributed by atoms with Gasteiger partial charge in [-0.1, -0.05) is 71.1 Å². The third kappa shape index (κ3) is 12.6. The Hall–Kier alpha value is -2.10. The number of anilines is 2. The van der Waals surface area contributed by atoms with Crippen LogP contribution in [0.4, 0.5) is 20.6 Å². The molecule has 0 spiro atoms. The molecule has 8 nitrogen and oxygen atoms in total. The van der Waals surface area contributed by atoms with Crippen molar-refractivity contribution in [2.45, 2.75) is 90.1 Å². The minimum absolute atomic E-state index is 0. The van der Waals surface area contributed by atoms with Crippen molar-refractivity contribution in [2.24, 2.45) is 0 Å². The van der Waals surface area contributed by atoms with Crippen molar-refractivity contribution in [1.29, 1.82) is 0 Å². The van der Waals surface area contributed by atoms with Crippen molar-refractivity contribution in [1.82, 2.24) is 5.32 Å². The van der Waals surface area contributed by atoms with Gasteiger partial charge in [-0.15, -0.1) is 0 Å². The quantitative estimate of drug-likeness (QED) is 0.192. The molecule has 2 aliphatic heterocycles. The molecule has 2 heterocycles. The first-order chi connectivity index (χ1) is 19.8. The molecule has 42 heavy (non-hydrogen) atoms. The number of hydrogen-bond donors (Lipinski definition) is 1. The number of likely N-dealkylation sites (N-methyl/N-ethyl adjacent to an activating group) is 1. The molecule has 2 amide bonds. The van der Waals surface area contributed by atoms with Gasteiger partial charge in [-0.2, -0.15) is 0 Å². The van der Waals surface area contributed by atoms with Gasteiger partial charge in [0.05, 0.1) is 58.3 Å². The van der Waals surface area contributed by atoms with Crippen LogP contribution in [0, 0.1) is 5.82 Å². The number of quaternary nitrogens is 1. The molecule has 2 saturated heterocycles. The van der Waals surface area contributed by atoms with E-state index < -0.39 is 12.2 Å². The molecule has 0 aliphatic carbocycles. The Kier molecular flexibility index (Phi) is 16.5. The first kappa shape index (κ1) is 36.1. The topological polar surface area (TPSA) is 71.1 Å². The number of nitrogens with zero attached hydrogens (tertiary/aromatic N) is 3. The van der Waals surface area contributed by atoms with E-state index in [1.165, 1.54) is 81.6 Å². The Bertz CT molecular complexity index is 945. The van der Waals surface area contributed by atoms with E-state index in [0.717, 1.165) is 13.0 Å². The summed E-state index contributed by atoms with van der Waals surface area (Å²) in [5, 5.41) is 2.93. The van der Waals surface area contributed by atoms with Crippen LogP contribution in [0.15, 0.2) is 18.2 Å². The standard InChI is InChI=1S/C32H53FN4O4.ClH/c1-4-5-6-7-8-9-10-11-12-13-14-15-20-37(2,3)26-31(38)34-24-28-25-36(32(39)41-28)27-16-17-30(29(33)23-27)35-18-21-40-22-19-35;/h16-17,23,28H,4-15,18-22,24-26H2,1-3H3;1H/t28-;/m0./s1. The zero-order chi connectivity index (χ0) is 29.5. The molecule has 0 saturated carbocycles. The number of cyclic esters (lactones) is 1.